The molecule has 3 heterocycles. The molecule has 2 aromatic heterocycles. The van der Waals surface area contributed by atoms with Crippen molar-refractivity contribution in [1.82, 2.24) is 9.13 Å². The van der Waals surface area contributed by atoms with Crippen molar-refractivity contribution in [1.29, 1.82) is 0 Å². The molecular formula is C45H29N2OTe. The number of hydrogen-bond donors (Lipinski definition) is 0. The van der Waals surface area contributed by atoms with Gasteiger partial charge < -0.3 is 0 Å². The maximum atomic E-state index is 13.7. The fourth-order valence-electron chi connectivity index (χ4n) is 8.56. The standard InChI is InChI=1S/C45H29N2OTe/c48-45-35-15-5-10-20-43(35)49-44-26-30-22-29-25-42(47-39-18-8-3-13-33(39)34-14-4-9-19-40(34)47)41(24-28(29)21-27(30)23-36(44)45)46-37-16-6-1-11-31(37)32-12-2-7-17-38(32)46/h1-20,23-26,36H,21-22H2. The van der Waals surface area contributed by atoms with E-state index < -0.39 is 20.5 Å². The molecule has 49 heavy (non-hydrogen) atoms. The quantitative estimate of drug-likeness (QED) is 0.163. The average molecular weight is 741 g/mol. The van der Waals surface area contributed by atoms with Crippen molar-refractivity contribution >= 4 is 77.0 Å². The van der Waals surface area contributed by atoms with Crippen molar-refractivity contribution in [3.63, 3.8) is 0 Å². The summed E-state index contributed by atoms with van der Waals surface area (Å²) in [5, 5.41) is 5.04. The van der Waals surface area contributed by atoms with Crippen LogP contribution in [0, 0.1) is 5.92 Å². The number of hydrogen-bond acceptors (Lipinski definition) is 1. The Morgan fingerprint density at radius 1 is 0.531 bits per heavy atom. The molecule has 1 atom stereocenters. The van der Waals surface area contributed by atoms with E-state index in [4.69, 9.17) is 0 Å². The van der Waals surface area contributed by atoms with Crippen LogP contribution >= 0.6 is 0 Å². The molecule has 0 N–H and O–H groups in total. The Hall–Kier alpha value is -5.27. The van der Waals surface area contributed by atoms with Gasteiger partial charge in [0, 0.05) is 0 Å². The number of Topliss-reactive ketones (excluding diaryl/α,β-unsaturated/α-hetero) is 1. The van der Waals surface area contributed by atoms with Gasteiger partial charge in [-0.3, -0.25) is 0 Å². The van der Waals surface area contributed by atoms with Gasteiger partial charge in [0.05, 0.1) is 0 Å². The molecule has 4 heteroatoms. The van der Waals surface area contributed by atoms with Gasteiger partial charge in [-0.15, -0.1) is 0 Å². The second kappa shape index (κ2) is 10.4. The molecule has 0 spiro atoms. The van der Waals surface area contributed by atoms with Crippen molar-refractivity contribution in [2.24, 2.45) is 5.92 Å². The van der Waals surface area contributed by atoms with E-state index in [0.29, 0.717) is 0 Å². The summed E-state index contributed by atoms with van der Waals surface area (Å²) in [6.07, 6.45) is 6.44. The number of carbonyl (C=O) groups is 1. The van der Waals surface area contributed by atoms with Gasteiger partial charge >= 0.3 is 282 Å². The minimum atomic E-state index is -0.591. The van der Waals surface area contributed by atoms with Crippen LogP contribution in [-0.2, 0) is 12.8 Å². The Kier molecular flexibility index (Phi) is 5.85. The van der Waals surface area contributed by atoms with Crippen molar-refractivity contribution < 1.29 is 4.79 Å². The second-order valence-corrected chi connectivity index (χ2v) is 16.6. The number of rotatable bonds is 2. The number of ketones is 1. The summed E-state index contributed by atoms with van der Waals surface area (Å²) in [6, 6.07) is 48.4. The SMILES string of the molecule is O=C1c2ccccc2[Te]=C2C=C3Cc4cc(-n5c6ccccc6c6ccccc65)c(-n5c6ccccc6c6ccccc65)cc4CC3=CC12. The van der Waals surface area contributed by atoms with E-state index in [1.54, 1.807) is 0 Å². The fourth-order valence-corrected chi connectivity index (χ4v) is 11.9. The van der Waals surface area contributed by atoms with Crippen LogP contribution < -0.4 is 3.61 Å². The third-order valence-electron chi connectivity index (χ3n) is 10.8. The molecule has 0 saturated heterocycles. The molecule has 0 fully saturated rings. The van der Waals surface area contributed by atoms with Gasteiger partial charge in [0.2, 0.25) is 0 Å². The normalized spacial score (nSPS) is 16.6. The predicted octanol–water partition coefficient (Wildman–Crippen LogP) is 8.86. The maximum absolute atomic E-state index is 13.7. The Morgan fingerprint density at radius 3 is 1.51 bits per heavy atom. The summed E-state index contributed by atoms with van der Waals surface area (Å²) >= 11 is -0.591. The first-order valence-electron chi connectivity index (χ1n) is 16.9. The van der Waals surface area contributed by atoms with E-state index in [-0.39, 0.29) is 11.7 Å². The van der Waals surface area contributed by atoms with Gasteiger partial charge in [-0.2, -0.15) is 0 Å². The Labute approximate surface area is 293 Å². The minimum absolute atomic E-state index is 0.105. The van der Waals surface area contributed by atoms with Crippen LogP contribution in [0.3, 0.4) is 0 Å². The number of nitrogens with zero attached hydrogens (tertiary/aromatic N) is 2. The van der Waals surface area contributed by atoms with E-state index in [0.717, 1.165) is 18.4 Å². The molecule has 1 aliphatic heterocycles. The number of benzene rings is 6. The van der Waals surface area contributed by atoms with E-state index in [1.807, 2.05) is 12.1 Å². The van der Waals surface area contributed by atoms with Crippen molar-refractivity contribution in [2.45, 2.75) is 12.8 Å². The van der Waals surface area contributed by atoms with Crippen molar-refractivity contribution in [3.05, 3.63) is 173 Å². The molecule has 2 aliphatic carbocycles. The summed E-state index contributed by atoms with van der Waals surface area (Å²) in [5.41, 5.74) is 13.5. The van der Waals surface area contributed by atoms with Crippen LogP contribution in [0.15, 0.2) is 157 Å². The number of carbonyl (C=O) groups excluding carboxylic acids is 1. The second-order valence-electron chi connectivity index (χ2n) is 13.4. The van der Waals surface area contributed by atoms with Gasteiger partial charge in [-0.1, -0.05) is 12.1 Å². The third-order valence-corrected chi connectivity index (χ3v) is 14.1. The first-order valence-corrected chi connectivity index (χ1v) is 19.3. The summed E-state index contributed by atoms with van der Waals surface area (Å²) in [6.45, 7) is 0. The molecule has 0 saturated carbocycles. The molecule has 3 nitrogen and oxygen atoms in total. The van der Waals surface area contributed by atoms with Gasteiger partial charge in [-0.25, -0.2) is 0 Å². The molecular weight excluding hydrogens is 712 g/mol. The molecule has 3 aliphatic rings. The Morgan fingerprint density at radius 2 is 0.980 bits per heavy atom. The molecule has 0 amide bonds. The number of para-hydroxylation sites is 4. The topological polar surface area (TPSA) is 26.9 Å². The van der Waals surface area contributed by atoms with Crippen molar-refractivity contribution in [2.75, 3.05) is 0 Å². The van der Waals surface area contributed by atoms with Gasteiger partial charge in [-0.05, 0) is 0 Å². The monoisotopic (exact) mass is 743 g/mol. The zero-order chi connectivity index (χ0) is 32.2. The van der Waals surface area contributed by atoms with Crippen LogP contribution in [0.1, 0.15) is 21.5 Å². The van der Waals surface area contributed by atoms with Gasteiger partial charge in [0.1, 0.15) is 0 Å². The van der Waals surface area contributed by atoms with Crippen LogP contribution in [0.25, 0.3) is 55.0 Å². The van der Waals surface area contributed by atoms with Crippen LogP contribution in [0.2, 0.25) is 0 Å². The van der Waals surface area contributed by atoms with E-state index in [1.165, 1.54) is 84.4 Å². The Balaban J connectivity index is 1.20. The summed E-state index contributed by atoms with van der Waals surface area (Å²) in [5.74, 6) is 0.162. The molecule has 1 radical (unpaired) electrons. The van der Waals surface area contributed by atoms with Crippen LogP contribution in [0.4, 0.5) is 0 Å². The van der Waals surface area contributed by atoms with E-state index in [9.17, 15) is 4.79 Å². The summed E-state index contributed by atoms with van der Waals surface area (Å²) in [4.78, 5) is 13.7. The van der Waals surface area contributed by atoms with Gasteiger partial charge in [0.15, 0.2) is 0 Å². The summed E-state index contributed by atoms with van der Waals surface area (Å²) in [7, 11) is 0. The van der Waals surface area contributed by atoms with Crippen molar-refractivity contribution in [3.8, 4) is 11.4 Å². The molecule has 1 unspecified atom stereocenters. The fraction of sp³-hybridized carbons (Fsp3) is 0.0667. The first kappa shape index (κ1) is 27.7. The predicted molar refractivity (Wildman–Crippen MR) is 203 cm³/mol. The molecule has 11 rings (SSSR count). The molecule has 8 aromatic rings. The van der Waals surface area contributed by atoms with E-state index >= 15 is 0 Å². The van der Waals surface area contributed by atoms with E-state index in [2.05, 4.69) is 143 Å². The van der Waals surface area contributed by atoms with Gasteiger partial charge in [0.25, 0.3) is 0 Å². The number of allylic oxidation sites excluding steroid dienone is 4. The molecule has 231 valence electrons. The zero-order valence-electron chi connectivity index (χ0n) is 26.6. The number of fused-ring (bicyclic) bond motifs is 10. The van der Waals surface area contributed by atoms with Crippen LogP contribution in [-0.4, -0.2) is 38.9 Å². The average Bonchev–Trinajstić information content (AvgIpc) is 3.66. The van der Waals surface area contributed by atoms with Crippen LogP contribution in [0.5, 0.6) is 0 Å². The number of aromatic nitrogens is 2. The zero-order valence-corrected chi connectivity index (χ0v) is 28.9. The molecule has 6 aromatic carbocycles. The molecule has 0 bridgehead atoms. The first-order chi connectivity index (χ1) is 24.2. The third kappa shape index (κ3) is 3.96. The summed E-state index contributed by atoms with van der Waals surface area (Å²) < 4.78 is 7.60. The Bertz CT molecular complexity index is 2750.